The molecule has 216 valence electrons. The number of unbranched alkanes of at least 4 members (excludes halogenated alkanes) is 18. The van der Waals surface area contributed by atoms with Crippen molar-refractivity contribution >= 4 is 0 Å². The summed E-state index contributed by atoms with van der Waals surface area (Å²) in [5, 5.41) is 0. The zero-order chi connectivity index (χ0) is 26.9. The van der Waals surface area contributed by atoms with E-state index in [1.807, 2.05) is 0 Å². The van der Waals surface area contributed by atoms with Crippen LogP contribution in [-0.4, -0.2) is 24.1 Å². The molecule has 0 aromatic heterocycles. The van der Waals surface area contributed by atoms with Gasteiger partial charge in [0, 0.05) is 5.56 Å². The van der Waals surface area contributed by atoms with E-state index in [1.54, 1.807) is 5.56 Å². The summed E-state index contributed by atoms with van der Waals surface area (Å²) in [6.07, 6.45) is 30.1. The summed E-state index contributed by atoms with van der Waals surface area (Å²) in [6, 6.07) is 11.4. The lowest BCUT2D eigenvalue weighted by molar-refractivity contribution is -0.941. The Bertz CT molecular complexity index is 554. The fourth-order valence-corrected chi connectivity index (χ4v) is 5.94. The molecule has 0 amide bonds. The van der Waals surface area contributed by atoms with E-state index in [2.05, 4.69) is 58.0 Å². The van der Waals surface area contributed by atoms with E-state index in [-0.39, 0.29) is 0 Å². The SMILES string of the molecule is CCCCCCCCCCCC[N+](CCCCCCCCCCCC)(CCC(C)C)Cc1ccccc1. The number of quaternary nitrogens is 1. The van der Waals surface area contributed by atoms with Crippen molar-refractivity contribution in [2.24, 2.45) is 5.92 Å². The minimum atomic E-state index is 0.800. The quantitative estimate of drug-likeness (QED) is 0.0808. The average molecular weight is 515 g/mol. The first-order valence-electron chi connectivity index (χ1n) is 17.0. The highest BCUT2D eigenvalue weighted by Crippen LogP contribution is 2.23. The van der Waals surface area contributed by atoms with Gasteiger partial charge in [-0.15, -0.1) is 0 Å². The molecule has 0 fully saturated rings. The maximum absolute atomic E-state index is 2.41. The van der Waals surface area contributed by atoms with Crippen molar-refractivity contribution in [3.63, 3.8) is 0 Å². The van der Waals surface area contributed by atoms with Crippen molar-refractivity contribution in [3.05, 3.63) is 35.9 Å². The molecule has 0 spiro atoms. The van der Waals surface area contributed by atoms with Gasteiger partial charge in [0.2, 0.25) is 0 Å². The van der Waals surface area contributed by atoms with Gasteiger partial charge in [-0.2, -0.15) is 0 Å². The summed E-state index contributed by atoms with van der Waals surface area (Å²) in [6.45, 7) is 14.8. The molecule has 0 aliphatic heterocycles. The van der Waals surface area contributed by atoms with Crippen LogP contribution in [0, 0.1) is 5.92 Å². The highest BCUT2D eigenvalue weighted by atomic mass is 15.3. The van der Waals surface area contributed by atoms with E-state index in [1.165, 1.54) is 165 Å². The Kier molecular flexibility index (Phi) is 22.4. The second-order valence-electron chi connectivity index (χ2n) is 12.7. The second kappa shape index (κ2) is 24.2. The predicted octanol–water partition coefficient (Wildman–Crippen LogP) is 11.9. The monoisotopic (exact) mass is 515 g/mol. The Morgan fingerprint density at radius 2 is 0.865 bits per heavy atom. The van der Waals surface area contributed by atoms with Crippen LogP contribution >= 0.6 is 0 Å². The fourth-order valence-electron chi connectivity index (χ4n) is 5.94. The molecule has 1 aromatic rings. The molecule has 0 saturated carbocycles. The highest BCUT2D eigenvalue weighted by Gasteiger charge is 2.27. The summed E-state index contributed by atoms with van der Waals surface area (Å²) < 4.78 is 1.33. The van der Waals surface area contributed by atoms with Gasteiger partial charge in [0.1, 0.15) is 6.54 Å². The van der Waals surface area contributed by atoms with E-state index >= 15 is 0 Å². The Balaban J connectivity index is 2.51. The number of hydrogen-bond donors (Lipinski definition) is 0. The molecule has 0 bridgehead atoms. The van der Waals surface area contributed by atoms with Crippen LogP contribution in [0.3, 0.4) is 0 Å². The normalized spacial score (nSPS) is 12.0. The molecule has 0 aliphatic rings. The van der Waals surface area contributed by atoms with Gasteiger partial charge in [0.25, 0.3) is 0 Å². The van der Waals surface area contributed by atoms with Gasteiger partial charge < -0.3 is 4.48 Å². The largest absolute Gasteiger partial charge is 0.320 e. The number of benzene rings is 1. The third-order valence-corrected chi connectivity index (χ3v) is 8.51. The third kappa shape index (κ3) is 19.8. The van der Waals surface area contributed by atoms with Gasteiger partial charge in [-0.05, 0) is 38.0 Å². The predicted molar refractivity (Wildman–Crippen MR) is 168 cm³/mol. The van der Waals surface area contributed by atoms with Crippen LogP contribution in [0.25, 0.3) is 0 Å². The zero-order valence-electron chi connectivity index (χ0n) is 26.1. The van der Waals surface area contributed by atoms with Crippen LogP contribution in [0.2, 0.25) is 0 Å². The minimum absolute atomic E-state index is 0.800. The van der Waals surface area contributed by atoms with Crippen LogP contribution in [0.5, 0.6) is 0 Å². The third-order valence-electron chi connectivity index (χ3n) is 8.51. The van der Waals surface area contributed by atoms with Crippen molar-refractivity contribution in [3.8, 4) is 0 Å². The average Bonchev–Trinajstić information content (AvgIpc) is 2.90. The van der Waals surface area contributed by atoms with Gasteiger partial charge in [-0.3, -0.25) is 0 Å². The number of nitrogens with zero attached hydrogens (tertiary/aromatic N) is 1. The number of rotatable bonds is 27. The highest BCUT2D eigenvalue weighted by molar-refractivity contribution is 5.13. The molecule has 37 heavy (non-hydrogen) atoms. The molecule has 1 heteroatoms. The van der Waals surface area contributed by atoms with Crippen molar-refractivity contribution in [2.45, 2.75) is 169 Å². The first-order chi connectivity index (χ1) is 18.1. The van der Waals surface area contributed by atoms with Crippen LogP contribution in [-0.2, 0) is 6.54 Å². The standard InChI is InChI=1S/C36H68N/c1-5-7-9-11-13-15-17-19-21-26-31-37(33-30-35(3)4,34-36-28-24-23-25-29-36)32-27-22-20-18-16-14-12-10-8-6-2/h23-25,28-29,35H,5-22,26-27,30-34H2,1-4H3/q+1. The first-order valence-corrected chi connectivity index (χ1v) is 17.0. The smallest absolute Gasteiger partial charge is 0.104 e. The molecule has 1 nitrogen and oxygen atoms in total. The minimum Gasteiger partial charge on any atom is -0.320 e. The van der Waals surface area contributed by atoms with E-state index < -0.39 is 0 Å². The second-order valence-corrected chi connectivity index (χ2v) is 12.7. The van der Waals surface area contributed by atoms with Crippen molar-refractivity contribution in [1.82, 2.24) is 0 Å². The topological polar surface area (TPSA) is 0 Å². The van der Waals surface area contributed by atoms with E-state index in [4.69, 9.17) is 0 Å². The van der Waals surface area contributed by atoms with Crippen LogP contribution in [0.15, 0.2) is 30.3 Å². The van der Waals surface area contributed by atoms with Gasteiger partial charge in [-0.25, -0.2) is 0 Å². The lowest BCUT2D eigenvalue weighted by Crippen LogP contribution is -2.49. The molecule has 0 N–H and O–H groups in total. The van der Waals surface area contributed by atoms with E-state index in [0.29, 0.717) is 0 Å². The maximum Gasteiger partial charge on any atom is 0.104 e. The van der Waals surface area contributed by atoms with Crippen LogP contribution in [0.1, 0.15) is 168 Å². The molecule has 1 aromatic carbocycles. The zero-order valence-corrected chi connectivity index (χ0v) is 26.1. The molecular formula is C36H68N+. The van der Waals surface area contributed by atoms with Crippen molar-refractivity contribution in [1.29, 1.82) is 0 Å². The summed E-state index contributed by atoms with van der Waals surface area (Å²) in [7, 11) is 0. The van der Waals surface area contributed by atoms with Crippen LogP contribution in [0.4, 0.5) is 0 Å². The Morgan fingerprint density at radius 1 is 0.486 bits per heavy atom. The van der Waals surface area contributed by atoms with Crippen molar-refractivity contribution < 1.29 is 4.48 Å². The molecular weight excluding hydrogens is 446 g/mol. The van der Waals surface area contributed by atoms with Gasteiger partial charge in [-0.1, -0.05) is 161 Å². The molecule has 0 unspecified atom stereocenters. The van der Waals surface area contributed by atoms with Gasteiger partial charge in [0.05, 0.1) is 19.6 Å². The molecule has 0 aliphatic carbocycles. The fraction of sp³-hybridized carbons (Fsp3) is 0.833. The Morgan fingerprint density at radius 3 is 1.24 bits per heavy atom. The summed E-state index contributed by atoms with van der Waals surface area (Å²) in [4.78, 5) is 0. The van der Waals surface area contributed by atoms with Gasteiger partial charge >= 0.3 is 0 Å². The summed E-state index contributed by atoms with van der Waals surface area (Å²) in [5.41, 5.74) is 1.55. The number of hydrogen-bond acceptors (Lipinski definition) is 0. The lowest BCUT2D eigenvalue weighted by atomic mass is 10.0. The Hall–Kier alpha value is -0.820. The van der Waals surface area contributed by atoms with Gasteiger partial charge in [0.15, 0.2) is 0 Å². The molecule has 0 radical (unpaired) electrons. The molecule has 0 saturated heterocycles. The van der Waals surface area contributed by atoms with Crippen LogP contribution < -0.4 is 0 Å². The first kappa shape index (κ1) is 34.2. The summed E-state index contributed by atoms with van der Waals surface area (Å²) in [5.74, 6) is 0.800. The maximum atomic E-state index is 2.41. The molecule has 0 heterocycles. The molecule has 0 atom stereocenters. The molecule has 1 rings (SSSR count). The van der Waals surface area contributed by atoms with Crippen molar-refractivity contribution in [2.75, 3.05) is 19.6 Å². The van der Waals surface area contributed by atoms with E-state index in [9.17, 15) is 0 Å². The summed E-state index contributed by atoms with van der Waals surface area (Å²) >= 11 is 0. The Labute approximate surface area is 234 Å². The lowest BCUT2D eigenvalue weighted by Gasteiger charge is -2.40. The van der Waals surface area contributed by atoms with E-state index in [0.717, 1.165) is 5.92 Å².